The van der Waals surface area contributed by atoms with Crippen LogP contribution in [0.15, 0.2) is 0 Å². The number of hydrogen-bond acceptors (Lipinski definition) is 7. The van der Waals surface area contributed by atoms with Gasteiger partial charge in [0.05, 0.1) is 7.11 Å². The normalized spacial score (nSPS) is 11.3. The molecule has 0 unspecified atom stereocenters. The smallest absolute Gasteiger partial charge is 0.441 e. The van der Waals surface area contributed by atoms with Crippen LogP contribution < -0.4 is 11.1 Å². The van der Waals surface area contributed by atoms with Crippen molar-refractivity contribution in [3.8, 4) is 0 Å². The SMILES string of the molecule is COC(=O)c1c(N)nsc1NCCSC(F)(F)F. The molecular weight excluding hydrogens is 291 g/mol. The van der Waals surface area contributed by atoms with E-state index in [2.05, 4.69) is 14.4 Å². The van der Waals surface area contributed by atoms with Gasteiger partial charge in [0.2, 0.25) is 0 Å². The minimum Gasteiger partial charge on any atom is -0.465 e. The van der Waals surface area contributed by atoms with Gasteiger partial charge in [-0.1, -0.05) is 0 Å². The first-order valence-corrected chi connectivity index (χ1v) is 6.39. The lowest BCUT2D eigenvalue weighted by molar-refractivity contribution is -0.0327. The predicted molar refractivity (Wildman–Crippen MR) is 64.9 cm³/mol. The van der Waals surface area contributed by atoms with Crippen molar-refractivity contribution in [1.82, 2.24) is 4.37 Å². The van der Waals surface area contributed by atoms with Crippen LogP contribution in [-0.4, -0.2) is 35.3 Å². The van der Waals surface area contributed by atoms with Gasteiger partial charge < -0.3 is 15.8 Å². The van der Waals surface area contributed by atoms with E-state index in [-0.39, 0.29) is 35.4 Å². The van der Waals surface area contributed by atoms with Crippen LogP contribution >= 0.6 is 23.3 Å². The molecule has 10 heteroatoms. The summed E-state index contributed by atoms with van der Waals surface area (Å²) >= 11 is 0.754. The number of nitrogen functional groups attached to an aromatic ring is 1. The number of nitrogens with zero attached hydrogens (tertiary/aromatic N) is 1. The van der Waals surface area contributed by atoms with Crippen LogP contribution in [-0.2, 0) is 4.74 Å². The molecule has 1 aromatic heterocycles. The lowest BCUT2D eigenvalue weighted by atomic mass is 10.3. The maximum absolute atomic E-state index is 11.9. The summed E-state index contributed by atoms with van der Waals surface area (Å²) in [6.07, 6.45) is 0. The van der Waals surface area contributed by atoms with Crippen LogP contribution in [0.4, 0.5) is 24.0 Å². The van der Waals surface area contributed by atoms with Gasteiger partial charge in [0.25, 0.3) is 0 Å². The summed E-state index contributed by atoms with van der Waals surface area (Å²) in [5.41, 5.74) is 1.26. The molecule has 0 radical (unpaired) electrons. The van der Waals surface area contributed by atoms with Gasteiger partial charge in [-0.05, 0) is 23.3 Å². The number of hydrogen-bond donors (Lipinski definition) is 2. The summed E-state index contributed by atoms with van der Waals surface area (Å²) in [7, 11) is 1.18. The number of nitrogens with two attached hydrogens (primary N) is 1. The van der Waals surface area contributed by atoms with Crippen LogP contribution in [0.25, 0.3) is 0 Å². The summed E-state index contributed by atoms with van der Waals surface area (Å²) in [6, 6.07) is 0. The van der Waals surface area contributed by atoms with Crippen molar-refractivity contribution >= 4 is 40.1 Å². The van der Waals surface area contributed by atoms with Crippen LogP contribution in [0, 0.1) is 0 Å². The van der Waals surface area contributed by atoms with Crippen molar-refractivity contribution in [3.63, 3.8) is 0 Å². The molecular formula is C8H10F3N3O2S2. The van der Waals surface area contributed by atoms with Gasteiger partial charge >= 0.3 is 11.5 Å². The molecule has 0 fully saturated rings. The largest absolute Gasteiger partial charge is 0.465 e. The number of alkyl halides is 3. The lowest BCUT2D eigenvalue weighted by Gasteiger charge is -2.07. The molecule has 3 N–H and O–H groups in total. The van der Waals surface area contributed by atoms with Crippen LogP contribution in [0.5, 0.6) is 0 Å². The van der Waals surface area contributed by atoms with E-state index in [9.17, 15) is 18.0 Å². The fraction of sp³-hybridized carbons (Fsp3) is 0.500. The molecule has 0 aliphatic carbocycles. The van der Waals surface area contributed by atoms with E-state index in [1.165, 1.54) is 7.11 Å². The van der Waals surface area contributed by atoms with E-state index in [0.29, 0.717) is 5.00 Å². The van der Waals surface area contributed by atoms with Crippen LogP contribution in [0.2, 0.25) is 0 Å². The molecule has 1 heterocycles. The van der Waals surface area contributed by atoms with Gasteiger partial charge in [0, 0.05) is 12.3 Å². The van der Waals surface area contributed by atoms with Crippen LogP contribution in [0.3, 0.4) is 0 Å². The molecule has 0 aliphatic rings. The topological polar surface area (TPSA) is 77.2 Å². The number of anilines is 2. The third-order valence-corrected chi connectivity index (χ3v) is 3.32. The highest BCUT2D eigenvalue weighted by molar-refractivity contribution is 8.00. The predicted octanol–water partition coefficient (Wildman–Crippen LogP) is 2.18. The Bertz CT molecular complexity index is 422. The zero-order valence-corrected chi connectivity index (χ0v) is 10.8. The fourth-order valence-electron chi connectivity index (χ4n) is 1.05. The molecule has 18 heavy (non-hydrogen) atoms. The third kappa shape index (κ3) is 4.26. The molecule has 102 valence electrons. The number of thioether (sulfide) groups is 1. The second-order valence-electron chi connectivity index (χ2n) is 2.98. The van der Waals surface area contributed by atoms with E-state index < -0.39 is 11.5 Å². The monoisotopic (exact) mass is 301 g/mol. The van der Waals surface area contributed by atoms with Crippen LogP contribution in [0.1, 0.15) is 10.4 Å². The number of carbonyl (C=O) groups is 1. The molecule has 1 rings (SSSR count). The van der Waals surface area contributed by atoms with Crippen molar-refractivity contribution in [3.05, 3.63) is 5.56 Å². The molecule has 0 aromatic carbocycles. The highest BCUT2D eigenvalue weighted by Gasteiger charge is 2.27. The Balaban J connectivity index is 2.55. The first-order chi connectivity index (χ1) is 8.35. The highest BCUT2D eigenvalue weighted by Crippen LogP contribution is 2.31. The van der Waals surface area contributed by atoms with Crippen molar-refractivity contribution in [1.29, 1.82) is 0 Å². The number of carbonyl (C=O) groups excluding carboxylic acids is 1. The summed E-state index contributed by atoms with van der Waals surface area (Å²) in [6.45, 7) is 0.0375. The maximum Gasteiger partial charge on any atom is 0.441 e. The standard InChI is InChI=1S/C8H10F3N3O2S2/c1-16-7(15)4-5(12)14-18-6(4)13-2-3-17-8(9,10)11/h13H,2-3H2,1H3,(H2,12,14). The number of nitrogens with one attached hydrogen (secondary N) is 1. The molecule has 0 bridgehead atoms. The van der Waals surface area contributed by atoms with Gasteiger partial charge in [-0.3, -0.25) is 0 Å². The van der Waals surface area contributed by atoms with Gasteiger partial charge in [-0.15, -0.1) is 0 Å². The van der Waals surface area contributed by atoms with Crippen molar-refractivity contribution < 1.29 is 22.7 Å². The Labute approximate surface area is 109 Å². The number of rotatable bonds is 5. The highest BCUT2D eigenvalue weighted by atomic mass is 32.2. The van der Waals surface area contributed by atoms with E-state index in [1.807, 2.05) is 0 Å². The minimum absolute atomic E-state index is 0.00201. The Hall–Kier alpha value is -1.16. The number of aromatic nitrogens is 1. The number of methoxy groups -OCH3 is 1. The number of esters is 1. The van der Waals surface area contributed by atoms with Gasteiger partial charge in [0.1, 0.15) is 10.6 Å². The Morgan fingerprint density at radius 1 is 1.61 bits per heavy atom. The first kappa shape index (κ1) is 14.9. The molecule has 0 aliphatic heterocycles. The Kier molecular flexibility index (Phi) is 5.08. The third-order valence-electron chi connectivity index (χ3n) is 1.76. The molecule has 0 saturated carbocycles. The molecule has 0 saturated heterocycles. The minimum atomic E-state index is -4.26. The average Bonchev–Trinajstić information content (AvgIpc) is 2.64. The van der Waals surface area contributed by atoms with Crippen molar-refractivity contribution in [2.24, 2.45) is 0 Å². The summed E-state index contributed by atoms with van der Waals surface area (Å²) in [5.74, 6) is -0.855. The zero-order valence-electron chi connectivity index (χ0n) is 9.21. The fourth-order valence-corrected chi connectivity index (χ4v) is 2.22. The lowest BCUT2D eigenvalue weighted by Crippen LogP contribution is -2.12. The molecule has 0 atom stereocenters. The zero-order chi connectivity index (χ0) is 13.8. The van der Waals surface area contributed by atoms with Gasteiger partial charge in [-0.2, -0.15) is 17.5 Å². The van der Waals surface area contributed by atoms with Gasteiger partial charge in [-0.25, -0.2) is 4.79 Å². The Morgan fingerprint density at radius 3 is 2.83 bits per heavy atom. The number of ether oxygens (including phenoxy) is 1. The molecule has 5 nitrogen and oxygen atoms in total. The van der Waals surface area contributed by atoms with Crippen molar-refractivity contribution in [2.75, 3.05) is 30.5 Å². The van der Waals surface area contributed by atoms with E-state index >= 15 is 0 Å². The summed E-state index contributed by atoms with van der Waals surface area (Å²) in [5, 5.41) is 2.98. The molecule has 1 aromatic rings. The first-order valence-electron chi connectivity index (χ1n) is 4.63. The van der Waals surface area contributed by atoms with E-state index in [4.69, 9.17) is 5.73 Å². The second kappa shape index (κ2) is 6.14. The average molecular weight is 301 g/mol. The van der Waals surface area contributed by atoms with Gasteiger partial charge in [0.15, 0.2) is 5.82 Å². The van der Waals surface area contributed by atoms with Crippen molar-refractivity contribution in [2.45, 2.75) is 5.51 Å². The molecule has 0 amide bonds. The summed E-state index contributed by atoms with van der Waals surface area (Å²) < 4.78 is 43.9. The number of halogens is 3. The maximum atomic E-state index is 11.9. The second-order valence-corrected chi connectivity index (χ2v) is 4.92. The quantitative estimate of drug-likeness (QED) is 0.641. The van der Waals surface area contributed by atoms with E-state index in [0.717, 1.165) is 11.5 Å². The Morgan fingerprint density at radius 2 is 2.28 bits per heavy atom. The summed E-state index contributed by atoms with van der Waals surface area (Å²) in [4.78, 5) is 11.3. The van der Waals surface area contributed by atoms with E-state index in [1.54, 1.807) is 0 Å². The molecule has 0 spiro atoms.